The summed E-state index contributed by atoms with van der Waals surface area (Å²) in [4.78, 5) is 8.30. The Balaban J connectivity index is 1.58. The Labute approximate surface area is 120 Å². The van der Waals surface area contributed by atoms with Crippen LogP contribution < -0.4 is 0 Å². The molecule has 3 rings (SSSR count). The molecule has 0 aliphatic heterocycles. The van der Waals surface area contributed by atoms with Crippen LogP contribution in [0.25, 0.3) is 11.5 Å². The second kappa shape index (κ2) is 6.29. The SMILES string of the molecule is c1ccc(-c2nnc(CCSc3ncccn3)o2)cc1. The molecule has 0 fully saturated rings. The zero-order valence-corrected chi connectivity index (χ0v) is 11.5. The summed E-state index contributed by atoms with van der Waals surface area (Å²) in [5, 5.41) is 8.87. The third kappa shape index (κ3) is 3.21. The summed E-state index contributed by atoms with van der Waals surface area (Å²) in [6.07, 6.45) is 4.16. The first kappa shape index (κ1) is 12.8. The topological polar surface area (TPSA) is 64.7 Å². The standard InChI is InChI=1S/C14H12N4OS/c1-2-5-11(6-3-1)13-18-17-12(19-13)7-10-20-14-15-8-4-9-16-14/h1-6,8-9H,7,10H2. The van der Waals surface area contributed by atoms with Crippen LogP contribution in [0.2, 0.25) is 0 Å². The highest BCUT2D eigenvalue weighted by Gasteiger charge is 2.08. The average Bonchev–Trinajstić information content (AvgIpc) is 2.98. The lowest BCUT2D eigenvalue weighted by molar-refractivity contribution is 0.514. The van der Waals surface area contributed by atoms with Gasteiger partial charge >= 0.3 is 0 Å². The molecule has 0 unspecified atom stereocenters. The summed E-state index contributed by atoms with van der Waals surface area (Å²) in [6.45, 7) is 0. The Bertz CT molecular complexity index is 657. The van der Waals surface area contributed by atoms with Crippen molar-refractivity contribution in [1.82, 2.24) is 20.2 Å². The van der Waals surface area contributed by atoms with Crippen molar-refractivity contribution < 1.29 is 4.42 Å². The third-order valence-corrected chi connectivity index (χ3v) is 3.45. The largest absolute Gasteiger partial charge is 0.421 e. The van der Waals surface area contributed by atoms with E-state index in [0.29, 0.717) is 18.2 Å². The molecule has 0 aliphatic carbocycles. The smallest absolute Gasteiger partial charge is 0.247 e. The second-order valence-electron chi connectivity index (χ2n) is 4.00. The van der Waals surface area contributed by atoms with Crippen LogP contribution >= 0.6 is 11.8 Å². The van der Waals surface area contributed by atoms with Gasteiger partial charge in [-0.05, 0) is 18.2 Å². The molecule has 0 spiro atoms. The van der Waals surface area contributed by atoms with Crippen LogP contribution in [0.5, 0.6) is 0 Å². The molecule has 0 saturated heterocycles. The van der Waals surface area contributed by atoms with E-state index in [1.54, 1.807) is 30.2 Å². The second-order valence-corrected chi connectivity index (χ2v) is 5.06. The molecule has 0 N–H and O–H groups in total. The fourth-order valence-electron chi connectivity index (χ4n) is 1.64. The predicted molar refractivity (Wildman–Crippen MR) is 76.2 cm³/mol. The average molecular weight is 284 g/mol. The molecule has 20 heavy (non-hydrogen) atoms. The molecule has 3 aromatic rings. The van der Waals surface area contributed by atoms with Gasteiger partial charge in [0.15, 0.2) is 5.16 Å². The van der Waals surface area contributed by atoms with E-state index in [2.05, 4.69) is 20.2 Å². The van der Waals surface area contributed by atoms with Crippen molar-refractivity contribution >= 4 is 11.8 Å². The molecule has 0 atom stereocenters. The predicted octanol–water partition coefficient (Wildman–Crippen LogP) is 2.86. The van der Waals surface area contributed by atoms with E-state index < -0.39 is 0 Å². The van der Waals surface area contributed by atoms with E-state index in [1.165, 1.54) is 0 Å². The van der Waals surface area contributed by atoms with Gasteiger partial charge in [0.05, 0.1) is 0 Å². The van der Waals surface area contributed by atoms with Crippen molar-refractivity contribution in [2.24, 2.45) is 0 Å². The zero-order chi connectivity index (χ0) is 13.6. The van der Waals surface area contributed by atoms with Crippen molar-refractivity contribution in [2.45, 2.75) is 11.6 Å². The minimum Gasteiger partial charge on any atom is -0.421 e. The van der Waals surface area contributed by atoms with Gasteiger partial charge in [0, 0.05) is 30.1 Å². The highest BCUT2D eigenvalue weighted by Crippen LogP contribution is 2.18. The number of aromatic nitrogens is 4. The summed E-state index contributed by atoms with van der Waals surface area (Å²) in [5.41, 5.74) is 0.935. The fraction of sp³-hybridized carbons (Fsp3) is 0.143. The van der Waals surface area contributed by atoms with Crippen molar-refractivity contribution in [3.8, 4) is 11.5 Å². The molecule has 2 heterocycles. The lowest BCUT2D eigenvalue weighted by atomic mass is 10.2. The molecule has 6 heteroatoms. The van der Waals surface area contributed by atoms with Gasteiger partial charge in [-0.15, -0.1) is 10.2 Å². The maximum atomic E-state index is 5.63. The van der Waals surface area contributed by atoms with Crippen molar-refractivity contribution in [1.29, 1.82) is 0 Å². The lowest BCUT2D eigenvalue weighted by Crippen LogP contribution is -1.91. The van der Waals surface area contributed by atoms with E-state index in [4.69, 9.17) is 4.42 Å². The summed E-state index contributed by atoms with van der Waals surface area (Å²) >= 11 is 1.57. The van der Waals surface area contributed by atoms with Gasteiger partial charge < -0.3 is 4.42 Å². The molecule has 0 saturated carbocycles. The molecule has 0 radical (unpaired) electrons. The Morgan fingerprint density at radius 3 is 2.55 bits per heavy atom. The first-order valence-electron chi connectivity index (χ1n) is 6.19. The monoisotopic (exact) mass is 284 g/mol. The Morgan fingerprint density at radius 2 is 1.75 bits per heavy atom. The molecular formula is C14H12N4OS. The maximum absolute atomic E-state index is 5.63. The highest BCUT2D eigenvalue weighted by atomic mass is 32.2. The van der Waals surface area contributed by atoms with Gasteiger partial charge in [0.25, 0.3) is 0 Å². The van der Waals surface area contributed by atoms with Crippen LogP contribution in [-0.2, 0) is 6.42 Å². The summed E-state index contributed by atoms with van der Waals surface area (Å²) in [5.74, 6) is 1.99. The van der Waals surface area contributed by atoms with Crippen LogP contribution in [-0.4, -0.2) is 25.9 Å². The zero-order valence-electron chi connectivity index (χ0n) is 10.6. The Morgan fingerprint density at radius 1 is 0.950 bits per heavy atom. The Kier molecular flexibility index (Phi) is 4.03. The first-order chi connectivity index (χ1) is 9.92. The molecule has 0 amide bonds. The Hall–Kier alpha value is -2.21. The summed E-state index contributed by atoms with van der Waals surface area (Å²) in [7, 11) is 0. The first-order valence-corrected chi connectivity index (χ1v) is 7.18. The maximum Gasteiger partial charge on any atom is 0.247 e. The number of rotatable bonds is 5. The number of hydrogen-bond acceptors (Lipinski definition) is 6. The highest BCUT2D eigenvalue weighted by molar-refractivity contribution is 7.99. The minimum absolute atomic E-state index is 0.557. The molecule has 100 valence electrons. The van der Waals surface area contributed by atoms with E-state index in [9.17, 15) is 0 Å². The normalized spacial score (nSPS) is 10.6. The fourth-order valence-corrected chi connectivity index (χ4v) is 2.37. The van der Waals surface area contributed by atoms with E-state index >= 15 is 0 Å². The number of benzene rings is 1. The molecule has 1 aromatic carbocycles. The van der Waals surface area contributed by atoms with Crippen LogP contribution in [0.1, 0.15) is 5.89 Å². The van der Waals surface area contributed by atoms with Gasteiger partial charge in [-0.1, -0.05) is 30.0 Å². The van der Waals surface area contributed by atoms with E-state index in [-0.39, 0.29) is 0 Å². The molecule has 0 bridgehead atoms. The quantitative estimate of drug-likeness (QED) is 0.530. The molecule has 5 nitrogen and oxygen atoms in total. The van der Waals surface area contributed by atoms with Gasteiger partial charge in [-0.2, -0.15) is 0 Å². The molecule has 2 aromatic heterocycles. The molecular weight excluding hydrogens is 272 g/mol. The van der Waals surface area contributed by atoms with Gasteiger partial charge in [-0.25, -0.2) is 9.97 Å². The minimum atomic E-state index is 0.557. The van der Waals surface area contributed by atoms with Gasteiger partial charge in [0.1, 0.15) is 0 Å². The number of hydrogen-bond donors (Lipinski definition) is 0. The number of thioether (sulfide) groups is 1. The van der Waals surface area contributed by atoms with E-state index in [0.717, 1.165) is 16.5 Å². The summed E-state index contributed by atoms with van der Waals surface area (Å²) < 4.78 is 5.63. The van der Waals surface area contributed by atoms with Crippen LogP contribution in [0, 0.1) is 0 Å². The lowest BCUT2D eigenvalue weighted by Gasteiger charge is -1.96. The van der Waals surface area contributed by atoms with Gasteiger partial charge in [-0.3, -0.25) is 0 Å². The van der Waals surface area contributed by atoms with Crippen LogP contribution in [0.4, 0.5) is 0 Å². The van der Waals surface area contributed by atoms with Crippen LogP contribution in [0.3, 0.4) is 0 Å². The van der Waals surface area contributed by atoms with E-state index in [1.807, 2.05) is 30.3 Å². The molecule has 0 aliphatic rings. The summed E-state index contributed by atoms with van der Waals surface area (Å²) in [6, 6.07) is 11.5. The van der Waals surface area contributed by atoms with Crippen molar-refractivity contribution in [3.63, 3.8) is 0 Å². The number of nitrogens with zero attached hydrogens (tertiary/aromatic N) is 4. The van der Waals surface area contributed by atoms with Crippen molar-refractivity contribution in [2.75, 3.05) is 5.75 Å². The number of aryl methyl sites for hydroxylation is 1. The third-order valence-electron chi connectivity index (χ3n) is 2.58. The van der Waals surface area contributed by atoms with Crippen LogP contribution in [0.15, 0.2) is 58.4 Å². The van der Waals surface area contributed by atoms with Crippen molar-refractivity contribution in [3.05, 3.63) is 54.7 Å². The van der Waals surface area contributed by atoms with Gasteiger partial charge in [0.2, 0.25) is 11.8 Å².